The Bertz CT molecular complexity index is 342. The molecular formula is C18H32ClNO. The Labute approximate surface area is 135 Å². The lowest BCUT2D eigenvalue weighted by Crippen LogP contribution is -2.38. The van der Waals surface area contributed by atoms with Crippen molar-refractivity contribution in [2.45, 2.75) is 77.5 Å². The average molecular weight is 314 g/mol. The fourth-order valence-electron chi connectivity index (χ4n) is 4.02. The van der Waals surface area contributed by atoms with Crippen molar-refractivity contribution in [3.05, 3.63) is 0 Å². The largest absolute Gasteiger partial charge is 0.356 e. The SMILES string of the molecule is CC(C)(C)C1CCC(C(=O)NCC2CCCC(Cl)C2)CC1. The molecule has 1 amide bonds. The number of nitrogens with one attached hydrogen (secondary N) is 1. The second-order valence-electron chi connectivity index (χ2n) is 8.29. The fourth-order valence-corrected chi connectivity index (χ4v) is 4.43. The van der Waals surface area contributed by atoms with Crippen LogP contribution in [0.5, 0.6) is 0 Å². The minimum atomic E-state index is 0.249. The van der Waals surface area contributed by atoms with Gasteiger partial charge in [-0.25, -0.2) is 0 Å². The van der Waals surface area contributed by atoms with Crippen LogP contribution in [0.2, 0.25) is 0 Å². The topological polar surface area (TPSA) is 29.1 Å². The van der Waals surface area contributed by atoms with Gasteiger partial charge in [-0.1, -0.05) is 27.2 Å². The van der Waals surface area contributed by atoms with Gasteiger partial charge in [0.25, 0.3) is 0 Å². The summed E-state index contributed by atoms with van der Waals surface area (Å²) in [6.45, 7) is 7.80. The predicted octanol–water partition coefficient (Wildman–Crippen LogP) is 4.75. The molecule has 0 saturated heterocycles. The second-order valence-corrected chi connectivity index (χ2v) is 8.91. The van der Waals surface area contributed by atoms with Crippen molar-refractivity contribution < 1.29 is 4.79 Å². The molecular weight excluding hydrogens is 282 g/mol. The third-order valence-corrected chi connectivity index (χ3v) is 6.00. The molecule has 2 aliphatic carbocycles. The molecule has 3 heteroatoms. The number of rotatable bonds is 3. The van der Waals surface area contributed by atoms with Crippen LogP contribution in [0.1, 0.15) is 72.1 Å². The molecule has 0 heterocycles. The fraction of sp³-hybridized carbons (Fsp3) is 0.944. The van der Waals surface area contributed by atoms with E-state index >= 15 is 0 Å². The molecule has 0 aromatic carbocycles. The zero-order valence-electron chi connectivity index (χ0n) is 14.0. The number of carbonyl (C=O) groups excluding carboxylic acids is 1. The highest BCUT2D eigenvalue weighted by Gasteiger charge is 2.32. The van der Waals surface area contributed by atoms with Crippen LogP contribution in [0.25, 0.3) is 0 Å². The first-order chi connectivity index (χ1) is 9.86. The first-order valence-electron chi connectivity index (χ1n) is 8.78. The van der Waals surface area contributed by atoms with Gasteiger partial charge in [-0.05, 0) is 62.2 Å². The van der Waals surface area contributed by atoms with Crippen LogP contribution in [0.4, 0.5) is 0 Å². The Balaban J connectivity index is 1.70. The third kappa shape index (κ3) is 5.16. The zero-order chi connectivity index (χ0) is 15.5. The Hall–Kier alpha value is -0.240. The lowest BCUT2D eigenvalue weighted by Gasteiger charge is -2.36. The maximum atomic E-state index is 12.3. The molecule has 2 saturated carbocycles. The first-order valence-corrected chi connectivity index (χ1v) is 9.21. The minimum Gasteiger partial charge on any atom is -0.356 e. The average Bonchev–Trinajstić information content (AvgIpc) is 2.44. The highest BCUT2D eigenvalue weighted by atomic mass is 35.5. The second kappa shape index (κ2) is 7.35. The Morgan fingerprint density at radius 3 is 2.33 bits per heavy atom. The predicted molar refractivity (Wildman–Crippen MR) is 89.5 cm³/mol. The van der Waals surface area contributed by atoms with E-state index in [9.17, 15) is 4.79 Å². The molecule has 21 heavy (non-hydrogen) atoms. The molecule has 122 valence electrons. The van der Waals surface area contributed by atoms with Crippen molar-refractivity contribution in [3.63, 3.8) is 0 Å². The zero-order valence-corrected chi connectivity index (χ0v) is 14.7. The summed E-state index contributed by atoms with van der Waals surface area (Å²) < 4.78 is 0. The van der Waals surface area contributed by atoms with E-state index in [1.165, 1.54) is 25.7 Å². The van der Waals surface area contributed by atoms with E-state index in [-0.39, 0.29) is 5.92 Å². The molecule has 2 unspecified atom stereocenters. The Morgan fingerprint density at radius 2 is 1.76 bits per heavy atom. The summed E-state index contributed by atoms with van der Waals surface area (Å²) in [5.74, 6) is 1.91. The van der Waals surface area contributed by atoms with E-state index in [1.54, 1.807) is 0 Å². The van der Waals surface area contributed by atoms with Crippen LogP contribution in [0.15, 0.2) is 0 Å². The maximum Gasteiger partial charge on any atom is 0.223 e. The van der Waals surface area contributed by atoms with Crippen molar-refractivity contribution in [1.82, 2.24) is 5.32 Å². The number of hydrogen-bond acceptors (Lipinski definition) is 1. The molecule has 2 atom stereocenters. The van der Waals surface area contributed by atoms with Crippen LogP contribution in [-0.2, 0) is 4.79 Å². The van der Waals surface area contributed by atoms with Gasteiger partial charge in [0.05, 0.1) is 0 Å². The summed E-state index contributed by atoms with van der Waals surface area (Å²) in [7, 11) is 0. The molecule has 2 fully saturated rings. The van der Waals surface area contributed by atoms with Crippen molar-refractivity contribution in [1.29, 1.82) is 0 Å². The number of halogens is 1. The highest BCUT2D eigenvalue weighted by molar-refractivity contribution is 6.20. The van der Waals surface area contributed by atoms with E-state index in [0.717, 1.165) is 38.1 Å². The number of alkyl halides is 1. The van der Waals surface area contributed by atoms with Gasteiger partial charge in [0, 0.05) is 17.8 Å². The summed E-state index contributed by atoms with van der Waals surface area (Å²) in [5.41, 5.74) is 0.388. The standard InChI is InChI=1S/C18H32ClNO/c1-18(2,3)15-9-7-14(8-10-15)17(21)20-12-13-5-4-6-16(19)11-13/h13-16H,4-12H2,1-3H3,(H,20,21). The molecule has 0 spiro atoms. The molecule has 0 radical (unpaired) electrons. The van der Waals surface area contributed by atoms with E-state index in [2.05, 4.69) is 26.1 Å². The van der Waals surface area contributed by atoms with Crippen molar-refractivity contribution in [3.8, 4) is 0 Å². The van der Waals surface area contributed by atoms with E-state index < -0.39 is 0 Å². The summed E-state index contributed by atoms with van der Waals surface area (Å²) in [6.07, 6.45) is 9.18. The smallest absolute Gasteiger partial charge is 0.223 e. The summed E-state index contributed by atoms with van der Waals surface area (Å²) in [6, 6.07) is 0. The monoisotopic (exact) mass is 313 g/mol. The molecule has 1 N–H and O–H groups in total. The van der Waals surface area contributed by atoms with Gasteiger partial charge in [0.2, 0.25) is 5.91 Å². The van der Waals surface area contributed by atoms with Gasteiger partial charge in [-0.2, -0.15) is 0 Å². The van der Waals surface area contributed by atoms with Crippen molar-refractivity contribution in [2.75, 3.05) is 6.54 Å². The highest BCUT2D eigenvalue weighted by Crippen LogP contribution is 2.39. The quantitative estimate of drug-likeness (QED) is 0.748. The molecule has 2 aliphatic rings. The lowest BCUT2D eigenvalue weighted by molar-refractivity contribution is -0.126. The third-order valence-electron chi connectivity index (χ3n) is 5.61. The molecule has 0 aliphatic heterocycles. The van der Waals surface area contributed by atoms with Crippen molar-refractivity contribution >= 4 is 17.5 Å². The first kappa shape index (κ1) is 17.1. The van der Waals surface area contributed by atoms with Crippen LogP contribution in [0, 0.1) is 23.2 Å². The number of amides is 1. The van der Waals surface area contributed by atoms with Gasteiger partial charge in [-0.15, -0.1) is 11.6 Å². The van der Waals surface area contributed by atoms with Gasteiger partial charge < -0.3 is 5.32 Å². The number of carbonyl (C=O) groups is 1. The molecule has 2 nitrogen and oxygen atoms in total. The molecule has 0 bridgehead atoms. The van der Waals surface area contributed by atoms with Crippen molar-refractivity contribution in [2.24, 2.45) is 23.2 Å². The minimum absolute atomic E-state index is 0.249. The van der Waals surface area contributed by atoms with Gasteiger partial charge in [0.1, 0.15) is 0 Å². The normalized spacial score (nSPS) is 34.5. The molecule has 0 aromatic rings. The number of hydrogen-bond donors (Lipinski definition) is 1. The lowest BCUT2D eigenvalue weighted by atomic mass is 9.69. The van der Waals surface area contributed by atoms with Crippen LogP contribution < -0.4 is 5.32 Å². The van der Waals surface area contributed by atoms with Gasteiger partial charge >= 0.3 is 0 Å². The van der Waals surface area contributed by atoms with Crippen LogP contribution in [-0.4, -0.2) is 17.8 Å². The Morgan fingerprint density at radius 1 is 1.10 bits per heavy atom. The van der Waals surface area contributed by atoms with E-state index in [0.29, 0.717) is 22.6 Å². The molecule has 2 rings (SSSR count). The summed E-state index contributed by atoms with van der Waals surface area (Å²) in [5, 5.41) is 3.52. The van der Waals surface area contributed by atoms with Crippen LogP contribution >= 0.6 is 11.6 Å². The van der Waals surface area contributed by atoms with E-state index in [4.69, 9.17) is 11.6 Å². The van der Waals surface area contributed by atoms with Crippen LogP contribution in [0.3, 0.4) is 0 Å². The molecule has 0 aromatic heterocycles. The maximum absolute atomic E-state index is 12.3. The summed E-state index contributed by atoms with van der Waals surface area (Å²) in [4.78, 5) is 12.3. The summed E-state index contributed by atoms with van der Waals surface area (Å²) >= 11 is 6.22. The van der Waals surface area contributed by atoms with Gasteiger partial charge in [0.15, 0.2) is 0 Å². The van der Waals surface area contributed by atoms with Gasteiger partial charge in [-0.3, -0.25) is 4.79 Å². The Kier molecular flexibility index (Phi) is 5.99. The van der Waals surface area contributed by atoms with E-state index in [1.807, 2.05) is 0 Å².